The number of hydrogen-bond donors (Lipinski definition) is 0. The molecule has 10 heteroatoms. The van der Waals surface area contributed by atoms with Crippen LogP contribution in [0, 0.1) is 17.5 Å². The molecule has 0 N–H and O–H groups in total. The van der Waals surface area contributed by atoms with Gasteiger partial charge in [-0.05, 0) is 25.1 Å². The summed E-state index contributed by atoms with van der Waals surface area (Å²) in [6.45, 7) is 1.69. The van der Waals surface area contributed by atoms with E-state index < -0.39 is 35.4 Å². The number of rotatable bonds is 5. The molecule has 1 amide bonds. The van der Waals surface area contributed by atoms with E-state index in [2.05, 4.69) is 4.98 Å². The fourth-order valence-corrected chi connectivity index (χ4v) is 4.17. The average molecular weight is 436 g/mol. The number of benzene rings is 2. The summed E-state index contributed by atoms with van der Waals surface area (Å²) in [5.74, 6) is -3.20. The molecule has 0 saturated carbocycles. The highest BCUT2D eigenvalue weighted by atomic mass is 32.1. The van der Waals surface area contributed by atoms with E-state index in [-0.39, 0.29) is 36.5 Å². The first-order valence-corrected chi connectivity index (χ1v) is 9.85. The Bertz CT molecular complexity index is 1150. The highest BCUT2D eigenvalue weighted by Gasteiger charge is 2.37. The van der Waals surface area contributed by atoms with Gasteiger partial charge in [0.1, 0.15) is 27.9 Å². The van der Waals surface area contributed by atoms with E-state index in [1.165, 1.54) is 17.0 Å². The predicted octanol–water partition coefficient (Wildman–Crippen LogP) is 3.96. The van der Waals surface area contributed by atoms with Crippen molar-refractivity contribution in [2.24, 2.45) is 0 Å². The summed E-state index contributed by atoms with van der Waals surface area (Å²) in [5, 5.41) is 0.343. The van der Waals surface area contributed by atoms with E-state index in [9.17, 15) is 22.8 Å². The summed E-state index contributed by atoms with van der Waals surface area (Å²) in [4.78, 5) is 30.3. The van der Waals surface area contributed by atoms with Crippen LogP contribution in [0.1, 0.15) is 18.4 Å². The third-order valence-corrected chi connectivity index (χ3v) is 5.42. The molecule has 2 aromatic carbocycles. The van der Waals surface area contributed by atoms with Gasteiger partial charge in [0.2, 0.25) is 0 Å². The molecular formula is C20H15F3N2O4S. The lowest BCUT2D eigenvalue weighted by Crippen LogP contribution is -2.46. The lowest BCUT2D eigenvalue weighted by atomic mass is 10.1. The van der Waals surface area contributed by atoms with Crippen LogP contribution in [0.25, 0.3) is 10.2 Å². The van der Waals surface area contributed by atoms with Crippen molar-refractivity contribution in [2.45, 2.75) is 26.0 Å². The number of halogens is 3. The topological polar surface area (TPSA) is 68.7 Å². The molecule has 1 aliphatic rings. The Balaban J connectivity index is 1.69. The van der Waals surface area contributed by atoms with Crippen LogP contribution in [-0.2, 0) is 20.9 Å². The molecule has 1 aromatic heterocycles. The van der Waals surface area contributed by atoms with Gasteiger partial charge in [-0.25, -0.2) is 18.2 Å². The fraction of sp³-hybridized carbons (Fsp3) is 0.250. The van der Waals surface area contributed by atoms with Gasteiger partial charge in [0.15, 0.2) is 11.9 Å². The predicted molar refractivity (Wildman–Crippen MR) is 103 cm³/mol. The van der Waals surface area contributed by atoms with E-state index in [0.29, 0.717) is 9.71 Å². The molecule has 1 atom stereocenters. The van der Waals surface area contributed by atoms with Crippen molar-refractivity contribution in [2.75, 3.05) is 11.5 Å². The number of hydrogen-bond acceptors (Lipinski definition) is 6. The summed E-state index contributed by atoms with van der Waals surface area (Å²) in [5.41, 5.74) is 0.284. The van der Waals surface area contributed by atoms with Gasteiger partial charge in [-0.2, -0.15) is 0 Å². The number of esters is 1. The summed E-state index contributed by atoms with van der Waals surface area (Å²) in [6.07, 6.45) is -1.55. The van der Waals surface area contributed by atoms with Crippen molar-refractivity contribution < 1.29 is 32.2 Å². The van der Waals surface area contributed by atoms with Crippen LogP contribution in [0.5, 0.6) is 5.75 Å². The third-order valence-electron chi connectivity index (χ3n) is 4.43. The van der Waals surface area contributed by atoms with Gasteiger partial charge in [0.05, 0.1) is 30.0 Å². The van der Waals surface area contributed by atoms with Gasteiger partial charge in [-0.3, -0.25) is 14.5 Å². The van der Waals surface area contributed by atoms with Gasteiger partial charge >= 0.3 is 5.97 Å². The van der Waals surface area contributed by atoms with Gasteiger partial charge in [-0.15, -0.1) is 11.3 Å². The first-order chi connectivity index (χ1) is 14.4. The normalized spacial score (nSPS) is 15.8. The summed E-state index contributed by atoms with van der Waals surface area (Å²) in [7, 11) is 0. The van der Waals surface area contributed by atoms with E-state index >= 15 is 0 Å². The van der Waals surface area contributed by atoms with Crippen molar-refractivity contribution in [3.05, 3.63) is 52.8 Å². The Morgan fingerprint density at radius 2 is 2.03 bits per heavy atom. The van der Waals surface area contributed by atoms with Gasteiger partial charge in [-0.1, -0.05) is 0 Å². The standard InChI is InChI=1S/C20H15F3N2O4S/c1-2-28-18(26)8-15-20(27)25(13-4-3-10(21)6-14(13)29-15)9-17-24-19-12(23)5-11(22)7-16(19)30-17/h3-7,15H,2,8-9H2,1H3. The molecule has 156 valence electrons. The first kappa shape index (κ1) is 20.1. The molecule has 0 bridgehead atoms. The van der Waals surface area contributed by atoms with E-state index in [4.69, 9.17) is 9.47 Å². The molecule has 0 radical (unpaired) electrons. The molecule has 0 saturated heterocycles. The number of fused-ring (bicyclic) bond motifs is 2. The van der Waals surface area contributed by atoms with Crippen LogP contribution in [-0.4, -0.2) is 29.6 Å². The van der Waals surface area contributed by atoms with Crippen LogP contribution < -0.4 is 9.64 Å². The highest BCUT2D eigenvalue weighted by Crippen LogP contribution is 2.37. The fourth-order valence-electron chi connectivity index (χ4n) is 3.17. The summed E-state index contributed by atoms with van der Waals surface area (Å²) >= 11 is 1.03. The van der Waals surface area contributed by atoms with Crippen LogP contribution in [0.4, 0.5) is 18.9 Å². The van der Waals surface area contributed by atoms with Gasteiger partial charge in [0, 0.05) is 12.1 Å². The van der Waals surface area contributed by atoms with Crippen molar-refractivity contribution in [3.8, 4) is 5.75 Å². The molecular weight excluding hydrogens is 421 g/mol. The second-order valence-electron chi connectivity index (χ2n) is 6.49. The monoisotopic (exact) mass is 436 g/mol. The zero-order valence-electron chi connectivity index (χ0n) is 15.7. The average Bonchev–Trinajstić information content (AvgIpc) is 3.08. The third kappa shape index (κ3) is 3.82. The Labute approximate surface area is 172 Å². The van der Waals surface area contributed by atoms with Crippen LogP contribution in [0.15, 0.2) is 30.3 Å². The molecule has 0 spiro atoms. The van der Waals surface area contributed by atoms with E-state index in [0.717, 1.165) is 29.5 Å². The first-order valence-electron chi connectivity index (χ1n) is 9.03. The SMILES string of the molecule is CCOC(=O)CC1Oc2cc(F)ccc2N(Cc2nc3c(F)cc(F)cc3s2)C1=O. The molecule has 3 aromatic rings. The molecule has 6 nitrogen and oxygen atoms in total. The number of anilines is 1. The van der Waals surface area contributed by atoms with Crippen LogP contribution >= 0.6 is 11.3 Å². The Morgan fingerprint density at radius 3 is 2.80 bits per heavy atom. The lowest BCUT2D eigenvalue weighted by molar-refractivity contribution is -0.147. The second kappa shape index (κ2) is 7.94. The Kier molecular flexibility index (Phi) is 5.33. The maximum atomic E-state index is 14.0. The maximum absolute atomic E-state index is 14.0. The summed E-state index contributed by atoms with van der Waals surface area (Å²) in [6, 6.07) is 5.55. The Morgan fingerprint density at radius 1 is 1.23 bits per heavy atom. The van der Waals surface area contributed by atoms with Crippen molar-refractivity contribution >= 4 is 39.1 Å². The van der Waals surface area contributed by atoms with Crippen LogP contribution in [0.3, 0.4) is 0 Å². The zero-order chi connectivity index (χ0) is 21.4. The van der Waals surface area contributed by atoms with Crippen molar-refractivity contribution in [1.29, 1.82) is 0 Å². The highest BCUT2D eigenvalue weighted by molar-refractivity contribution is 7.18. The number of carbonyl (C=O) groups is 2. The molecule has 0 aliphatic carbocycles. The minimum Gasteiger partial charge on any atom is -0.478 e. The molecule has 1 aliphatic heterocycles. The molecule has 30 heavy (non-hydrogen) atoms. The molecule has 2 heterocycles. The van der Waals surface area contributed by atoms with Gasteiger partial charge in [0.25, 0.3) is 5.91 Å². The number of nitrogens with zero attached hydrogens (tertiary/aromatic N) is 2. The Hall–Kier alpha value is -3.14. The summed E-state index contributed by atoms with van der Waals surface area (Å²) < 4.78 is 51.9. The minimum absolute atomic E-state index is 0.000452. The maximum Gasteiger partial charge on any atom is 0.310 e. The van der Waals surface area contributed by atoms with Crippen molar-refractivity contribution in [3.63, 3.8) is 0 Å². The lowest BCUT2D eigenvalue weighted by Gasteiger charge is -2.33. The number of carbonyl (C=O) groups excluding carboxylic acids is 2. The molecule has 4 rings (SSSR count). The zero-order valence-corrected chi connectivity index (χ0v) is 16.5. The molecule has 1 unspecified atom stereocenters. The molecule has 0 fully saturated rings. The quantitative estimate of drug-likeness (QED) is 0.567. The van der Waals surface area contributed by atoms with E-state index in [1.54, 1.807) is 6.92 Å². The minimum atomic E-state index is -1.21. The smallest absolute Gasteiger partial charge is 0.310 e. The second-order valence-corrected chi connectivity index (χ2v) is 7.61. The van der Waals surface area contributed by atoms with Crippen LogP contribution in [0.2, 0.25) is 0 Å². The number of ether oxygens (including phenoxy) is 2. The number of aromatic nitrogens is 1. The van der Waals surface area contributed by atoms with Crippen molar-refractivity contribution in [1.82, 2.24) is 4.98 Å². The largest absolute Gasteiger partial charge is 0.478 e. The van der Waals surface area contributed by atoms with E-state index in [1.807, 2.05) is 0 Å². The number of amides is 1. The number of thiazole rings is 1. The van der Waals surface area contributed by atoms with Gasteiger partial charge < -0.3 is 9.47 Å².